The number of amides is 3. The fourth-order valence-electron chi connectivity index (χ4n) is 5.00. The van der Waals surface area contributed by atoms with Crippen molar-refractivity contribution < 1.29 is 27.6 Å². The number of fused-ring (bicyclic) bond motifs is 1. The Bertz CT molecular complexity index is 1690. The molecule has 4 aromatic rings. The van der Waals surface area contributed by atoms with E-state index in [1.165, 1.54) is 35.2 Å². The monoisotopic (exact) mass is 584 g/mol. The minimum absolute atomic E-state index is 0.0502. The summed E-state index contributed by atoms with van der Waals surface area (Å²) in [4.78, 5) is 45.7. The number of hydrogen-bond donors (Lipinski definition) is 2. The number of nitrogens with zero attached hydrogens (tertiary/aromatic N) is 2. The molecular weight excluding hydrogens is 557 g/mol. The average Bonchev–Trinajstić information content (AvgIpc) is 3.11. The van der Waals surface area contributed by atoms with E-state index in [4.69, 9.17) is 10.7 Å². The van der Waals surface area contributed by atoms with Crippen LogP contribution in [0.25, 0.3) is 0 Å². The van der Waals surface area contributed by atoms with Crippen LogP contribution in [0.1, 0.15) is 34.6 Å². The molecule has 0 saturated heterocycles. The van der Waals surface area contributed by atoms with Crippen LogP contribution in [-0.2, 0) is 20.8 Å². The summed E-state index contributed by atoms with van der Waals surface area (Å²) < 4.78 is 41.4. The van der Waals surface area contributed by atoms with Gasteiger partial charge in [0.15, 0.2) is 11.6 Å². The summed E-state index contributed by atoms with van der Waals surface area (Å²) >= 11 is 0. The fraction of sp³-hybridized carbons (Fsp3) is 0.152. The number of para-hydroxylation sites is 1. The summed E-state index contributed by atoms with van der Waals surface area (Å²) in [5, 5.41) is 2.72. The molecule has 43 heavy (non-hydrogen) atoms. The third-order valence-corrected chi connectivity index (χ3v) is 7.13. The quantitative estimate of drug-likeness (QED) is 0.300. The van der Waals surface area contributed by atoms with Gasteiger partial charge in [0.1, 0.15) is 5.82 Å². The molecule has 0 radical (unpaired) electrons. The van der Waals surface area contributed by atoms with Crippen molar-refractivity contribution in [3.63, 3.8) is 0 Å². The Morgan fingerprint density at radius 2 is 1.58 bits per heavy atom. The second-order valence-corrected chi connectivity index (χ2v) is 10.0. The van der Waals surface area contributed by atoms with Crippen molar-refractivity contribution in [3.05, 3.63) is 137 Å². The van der Waals surface area contributed by atoms with Crippen LogP contribution in [0.2, 0.25) is 0 Å². The second kappa shape index (κ2) is 12.7. The number of carbonyl (C=O) groups is 3. The number of benzene rings is 4. The molecule has 2 atom stereocenters. The van der Waals surface area contributed by atoms with Crippen LogP contribution in [0.5, 0.6) is 0 Å². The lowest BCUT2D eigenvalue weighted by Gasteiger charge is -2.26. The van der Waals surface area contributed by atoms with Crippen LogP contribution in [-0.4, -0.2) is 36.1 Å². The van der Waals surface area contributed by atoms with Gasteiger partial charge in [-0.3, -0.25) is 14.4 Å². The predicted octanol–water partition coefficient (Wildman–Crippen LogP) is 4.63. The molecule has 218 valence electrons. The van der Waals surface area contributed by atoms with Crippen LogP contribution < -0.4 is 16.0 Å². The molecule has 0 spiro atoms. The summed E-state index contributed by atoms with van der Waals surface area (Å²) in [5.41, 5.74) is 8.35. The van der Waals surface area contributed by atoms with E-state index in [2.05, 4.69) is 5.32 Å². The van der Waals surface area contributed by atoms with Crippen molar-refractivity contribution in [1.82, 2.24) is 5.32 Å². The van der Waals surface area contributed by atoms with Gasteiger partial charge in [-0.2, -0.15) is 0 Å². The molecule has 1 aliphatic heterocycles. The molecule has 0 bridgehead atoms. The van der Waals surface area contributed by atoms with Gasteiger partial charge in [-0.25, -0.2) is 18.2 Å². The van der Waals surface area contributed by atoms with Crippen molar-refractivity contribution >= 4 is 29.1 Å². The summed E-state index contributed by atoms with van der Waals surface area (Å²) in [7, 11) is 0. The highest BCUT2D eigenvalue weighted by Crippen LogP contribution is 2.29. The number of aliphatic imine (C=N–C) groups is 1. The molecule has 4 aromatic carbocycles. The second-order valence-electron chi connectivity index (χ2n) is 10.0. The number of benzodiazepines with no additional fused rings is 1. The first kappa shape index (κ1) is 29.2. The third kappa shape index (κ3) is 6.64. The Kier molecular flexibility index (Phi) is 8.66. The SMILES string of the molecule is NC(=O)CCN1C(=O)C(NC(=O)[C@H](Cc2ccc(F)c(F)c2)c2ccc(F)cc2)N=C(c2ccccc2)c2ccccc21. The largest absolute Gasteiger partial charge is 0.370 e. The van der Waals surface area contributed by atoms with Gasteiger partial charge in [0.2, 0.25) is 18.0 Å². The minimum atomic E-state index is -1.42. The predicted molar refractivity (Wildman–Crippen MR) is 156 cm³/mol. The van der Waals surface area contributed by atoms with E-state index in [1.807, 2.05) is 30.3 Å². The molecule has 5 rings (SSSR count). The lowest BCUT2D eigenvalue weighted by atomic mass is 9.91. The van der Waals surface area contributed by atoms with Gasteiger partial charge in [-0.15, -0.1) is 0 Å². The van der Waals surface area contributed by atoms with Crippen LogP contribution in [0, 0.1) is 17.5 Å². The highest BCUT2D eigenvalue weighted by molar-refractivity contribution is 6.20. The van der Waals surface area contributed by atoms with Gasteiger partial charge in [0.25, 0.3) is 5.91 Å². The van der Waals surface area contributed by atoms with Crippen LogP contribution in [0.3, 0.4) is 0 Å². The van der Waals surface area contributed by atoms with Crippen LogP contribution >= 0.6 is 0 Å². The summed E-state index contributed by atoms with van der Waals surface area (Å²) in [6.07, 6.45) is -1.62. The lowest BCUT2D eigenvalue weighted by Crippen LogP contribution is -2.49. The number of nitrogens with two attached hydrogens (primary N) is 1. The number of nitrogens with one attached hydrogen (secondary N) is 1. The first-order valence-electron chi connectivity index (χ1n) is 13.5. The molecule has 1 heterocycles. The van der Waals surface area contributed by atoms with E-state index in [0.29, 0.717) is 33.7 Å². The number of anilines is 1. The maximum absolute atomic E-state index is 14.0. The number of rotatable bonds is 9. The normalized spacial score (nSPS) is 15.2. The van der Waals surface area contributed by atoms with Gasteiger partial charge in [-0.1, -0.05) is 66.7 Å². The average molecular weight is 585 g/mol. The van der Waals surface area contributed by atoms with Gasteiger partial charge in [0, 0.05) is 24.1 Å². The summed E-state index contributed by atoms with van der Waals surface area (Å²) in [5.74, 6) is -5.50. The third-order valence-electron chi connectivity index (χ3n) is 7.13. The van der Waals surface area contributed by atoms with Crippen LogP contribution in [0.15, 0.2) is 102 Å². The molecule has 0 aromatic heterocycles. The zero-order valence-electron chi connectivity index (χ0n) is 22.8. The van der Waals surface area contributed by atoms with Gasteiger partial charge < -0.3 is 16.0 Å². The van der Waals surface area contributed by atoms with Crippen molar-refractivity contribution in [2.45, 2.75) is 24.9 Å². The highest BCUT2D eigenvalue weighted by atomic mass is 19.2. The van der Waals surface area contributed by atoms with E-state index in [0.717, 1.165) is 12.1 Å². The zero-order valence-corrected chi connectivity index (χ0v) is 22.8. The Balaban J connectivity index is 1.56. The van der Waals surface area contributed by atoms with Crippen molar-refractivity contribution in [3.8, 4) is 0 Å². The summed E-state index contributed by atoms with van der Waals surface area (Å²) in [6, 6.07) is 24.7. The number of hydrogen-bond acceptors (Lipinski definition) is 4. The molecule has 7 nitrogen and oxygen atoms in total. The number of halogens is 3. The van der Waals surface area contributed by atoms with Crippen molar-refractivity contribution in [1.29, 1.82) is 0 Å². The zero-order chi connectivity index (χ0) is 30.5. The molecular formula is C33H27F3N4O3. The van der Waals surface area contributed by atoms with E-state index in [-0.39, 0.29) is 19.4 Å². The summed E-state index contributed by atoms with van der Waals surface area (Å²) in [6.45, 7) is -0.0502. The molecule has 0 fully saturated rings. The van der Waals surface area contributed by atoms with E-state index >= 15 is 0 Å². The Morgan fingerprint density at radius 1 is 0.884 bits per heavy atom. The van der Waals surface area contributed by atoms with E-state index < -0.39 is 47.3 Å². The smallest absolute Gasteiger partial charge is 0.272 e. The standard InChI is InChI=1S/C33H27F3N4O3/c34-23-13-11-21(12-14-23)25(18-20-10-15-26(35)27(36)19-20)32(42)39-31-33(43)40(17-16-29(37)41)28-9-5-4-8-24(28)30(38-31)22-6-2-1-3-7-22/h1-15,19,25,31H,16-18H2,(H2,37,41)(H,39,42)/t25-,31?/m1/s1. The Morgan fingerprint density at radius 3 is 2.28 bits per heavy atom. The van der Waals surface area contributed by atoms with Crippen LogP contribution in [0.4, 0.5) is 18.9 Å². The topological polar surface area (TPSA) is 105 Å². The number of carbonyl (C=O) groups excluding carboxylic acids is 3. The Hall–Kier alpha value is -5.25. The molecule has 0 aliphatic carbocycles. The molecule has 3 amide bonds. The molecule has 3 N–H and O–H groups in total. The van der Waals surface area contributed by atoms with E-state index in [1.54, 1.807) is 24.3 Å². The highest BCUT2D eigenvalue weighted by Gasteiger charge is 2.35. The lowest BCUT2D eigenvalue weighted by molar-refractivity contribution is -0.128. The maximum atomic E-state index is 14.0. The molecule has 1 unspecified atom stereocenters. The first-order valence-corrected chi connectivity index (χ1v) is 13.5. The van der Waals surface area contributed by atoms with Crippen molar-refractivity contribution in [2.24, 2.45) is 10.7 Å². The van der Waals surface area contributed by atoms with E-state index in [9.17, 15) is 27.6 Å². The maximum Gasteiger partial charge on any atom is 0.272 e. The minimum Gasteiger partial charge on any atom is -0.370 e. The van der Waals surface area contributed by atoms with Gasteiger partial charge in [0.05, 0.1) is 17.3 Å². The Labute approximate surface area is 245 Å². The fourth-order valence-corrected chi connectivity index (χ4v) is 5.00. The van der Waals surface area contributed by atoms with Crippen molar-refractivity contribution in [2.75, 3.05) is 11.4 Å². The first-order chi connectivity index (χ1) is 20.7. The molecule has 1 aliphatic rings. The van der Waals surface area contributed by atoms with Gasteiger partial charge in [-0.05, 0) is 47.9 Å². The molecule has 0 saturated carbocycles. The van der Waals surface area contributed by atoms with Gasteiger partial charge >= 0.3 is 0 Å². The number of primary amides is 1. The molecule has 10 heteroatoms.